The molecule has 1 aliphatic carbocycles. The van der Waals surface area contributed by atoms with Gasteiger partial charge in [-0.3, -0.25) is 0 Å². The van der Waals surface area contributed by atoms with Crippen molar-refractivity contribution in [2.45, 2.75) is 39.7 Å². The van der Waals surface area contributed by atoms with Gasteiger partial charge in [0, 0.05) is 12.0 Å². The van der Waals surface area contributed by atoms with E-state index < -0.39 is 0 Å². The summed E-state index contributed by atoms with van der Waals surface area (Å²) in [6, 6.07) is 0. The van der Waals surface area contributed by atoms with E-state index in [1.807, 2.05) is 13.8 Å². The average Bonchev–Trinajstić information content (AvgIpc) is 1.96. The summed E-state index contributed by atoms with van der Waals surface area (Å²) in [5.74, 6) is 0. The minimum Gasteiger partial charge on any atom is -0.380 e. The van der Waals surface area contributed by atoms with Crippen LogP contribution in [-0.4, -0.2) is 25.9 Å². The molecule has 1 spiro atoms. The van der Waals surface area contributed by atoms with Crippen molar-refractivity contribution in [3.8, 4) is 0 Å². The highest BCUT2D eigenvalue weighted by Gasteiger charge is 2.50. The fourth-order valence-electron chi connectivity index (χ4n) is 1.89. The first-order valence-corrected chi connectivity index (χ1v) is 5.04. The van der Waals surface area contributed by atoms with Gasteiger partial charge >= 0.3 is 0 Å². The summed E-state index contributed by atoms with van der Waals surface area (Å²) in [6.45, 7) is 8.89. The first kappa shape index (κ1) is 10.0. The van der Waals surface area contributed by atoms with Gasteiger partial charge in [-0.15, -0.1) is 0 Å². The largest absolute Gasteiger partial charge is 0.380 e. The van der Waals surface area contributed by atoms with Crippen LogP contribution in [-0.2, 0) is 9.47 Å². The van der Waals surface area contributed by atoms with E-state index >= 15 is 0 Å². The Hall–Kier alpha value is -0.0800. The predicted octanol–water partition coefficient (Wildman–Crippen LogP) is 2.23. The lowest BCUT2D eigenvalue weighted by molar-refractivity contribution is -0.208. The standard InChI is InChI=1S/C8H14O2.C2H6/c1-2-10-7-3-8(4-7)5-9-6-8;1-2/h7H,2-6H2,1H3;1-2H3. The molecular weight excluding hydrogens is 152 g/mol. The Morgan fingerprint density at radius 1 is 1.33 bits per heavy atom. The molecule has 0 aromatic carbocycles. The summed E-state index contributed by atoms with van der Waals surface area (Å²) in [4.78, 5) is 0. The number of ether oxygens (including phenoxy) is 2. The third kappa shape index (κ3) is 1.80. The maximum atomic E-state index is 5.45. The summed E-state index contributed by atoms with van der Waals surface area (Å²) in [5.41, 5.74) is 0.569. The van der Waals surface area contributed by atoms with Crippen molar-refractivity contribution >= 4 is 0 Å². The number of rotatable bonds is 2. The predicted molar refractivity (Wildman–Crippen MR) is 49.2 cm³/mol. The van der Waals surface area contributed by atoms with Crippen molar-refractivity contribution in [3.63, 3.8) is 0 Å². The molecule has 0 amide bonds. The molecule has 2 aliphatic rings. The molecule has 0 unspecified atom stereocenters. The molecule has 0 bridgehead atoms. The molecule has 2 fully saturated rings. The SMILES string of the molecule is CC.CCOC1CC2(COC2)C1. The zero-order valence-corrected chi connectivity index (χ0v) is 8.43. The van der Waals surface area contributed by atoms with Crippen LogP contribution >= 0.6 is 0 Å². The highest BCUT2D eigenvalue weighted by Crippen LogP contribution is 2.48. The van der Waals surface area contributed by atoms with Gasteiger partial charge in [-0.25, -0.2) is 0 Å². The van der Waals surface area contributed by atoms with Gasteiger partial charge in [0.25, 0.3) is 0 Å². The van der Waals surface area contributed by atoms with E-state index in [2.05, 4.69) is 6.92 Å². The number of hydrogen-bond donors (Lipinski definition) is 0. The van der Waals surface area contributed by atoms with Gasteiger partial charge in [-0.1, -0.05) is 13.8 Å². The highest BCUT2D eigenvalue weighted by atomic mass is 16.5. The minimum atomic E-state index is 0.550. The zero-order chi connectivity index (χ0) is 9.03. The minimum absolute atomic E-state index is 0.550. The van der Waals surface area contributed by atoms with Crippen molar-refractivity contribution in [2.75, 3.05) is 19.8 Å². The Balaban J connectivity index is 0.000000336. The fourth-order valence-corrected chi connectivity index (χ4v) is 1.89. The molecule has 0 aromatic rings. The van der Waals surface area contributed by atoms with Crippen molar-refractivity contribution in [3.05, 3.63) is 0 Å². The highest BCUT2D eigenvalue weighted by molar-refractivity contribution is 4.98. The Bertz CT molecular complexity index is 122. The summed E-state index contributed by atoms with van der Waals surface area (Å²) >= 11 is 0. The lowest BCUT2D eigenvalue weighted by Crippen LogP contribution is -2.55. The lowest BCUT2D eigenvalue weighted by Gasteiger charge is -2.52. The Morgan fingerprint density at radius 2 is 1.92 bits per heavy atom. The smallest absolute Gasteiger partial charge is 0.0589 e. The van der Waals surface area contributed by atoms with Gasteiger partial charge in [0.1, 0.15) is 0 Å². The van der Waals surface area contributed by atoms with E-state index in [-0.39, 0.29) is 0 Å². The molecule has 2 rings (SSSR count). The maximum absolute atomic E-state index is 5.45. The first-order chi connectivity index (χ1) is 5.85. The fraction of sp³-hybridized carbons (Fsp3) is 1.00. The van der Waals surface area contributed by atoms with E-state index in [0.717, 1.165) is 19.8 Å². The monoisotopic (exact) mass is 172 g/mol. The van der Waals surface area contributed by atoms with Crippen LogP contribution in [0.2, 0.25) is 0 Å². The molecule has 2 nitrogen and oxygen atoms in total. The van der Waals surface area contributed by atoms with Crippen LogP contribution in [0.1, 0.15) is 33.6 Å². The molecule has 1 heterocycles. The topological polar surface area (TPSA) is 18.5 Å². The third-order valence-corrected chi connectivity index (χ3v) is 2.54. The van der Waals surface area contributed by atoms with Crippen LogP contribution in [0.4, 0.5) is 0 Å². The van der Waals surface area contributed by atoms with E-state index in [1.54, 1.807) is 0 Å². The van der Waals surface area contributed by atoms with Gasteiger partial charge in [0.2, 0.25) is 0 Å². The summed E-state index contributed by atoms with van der Waals surface area (Å²) in [7, 11) is 0. The second-order valence-electron chi connectivity index (χ2n) is 3.48. The van der Waals surface area contributed by atoms with Crippen LogP contribution in [0.5, 0.6) is 0 Å². The molecule has 0 radical (unpaired) electrons. The van der Waals surface area contributed by atoms with E-state index in [0.29, 0.717) is 11.5 Å². The van der Waals surface area contributed by atoms with Crippen molar-refractivity contribution in [1.29, 1.82) is 0 Å². The summed E-state index contributed by atoms with van der Waals surface area (Å²) in [6.07, 6.45) is 3.02. The van der Waals surface area contributed by atoms with Gasteiger partial charge in [0.15, 0.2) is 0 Å². The van der Waals surface area contributed by atoms with Crippen LogP contribution in [0.25, 0.3) is 0 Å². The molecule has 0 atom stereocenters. The zero-order valence-electron chi connectivity index (χ0n) is 8.43. The first-order valence-electron chi connectivity index (χ1n) is 5.04. The normalized spacial score (nSPS) is 25.2. The molecule has 72 valence electrons. The lowest BCUT2D eigenvalue weighted by atomic mass is 9.65. The molecule has 12 heavy (non-hydrogen) atoms. The van der Waals surface area contributed by atoms with Crippen LogP contribution < -0.4 is 0 Å². The van der Waals surface area contributed by atoms with Gasteiger partial charge < -0.3 is 9.47 Å². The van der Waals surface area contributed by atoms with E-state index in [9.17, 15) is 0 Å². The summed E-state index contributed by atoms with van der Waals surface area (Å²) < 4.78 is 10.6. The second-order valence-corrected chi connectivity index (χ2v) is 3.48. The Morgan fingerprint density at radius 3 is 2.25 bits per heavy atom. The number of hydrogen-bond acceptors (Lipinski definition) is 2. The molecule has 1 saturated carbocycles. The van der Waals surface area contributed by atoms with Gasteiger partial charge in [-0.2, -0.15) is 0 Å². The quantitative estimate of drug-likeness (QED) is 0.636. The Kier molecular flexibility index (Phi) is 3.53. The van der Waals surface area contributed by atoms with E-state index in [4.69, 9.17) is 9.47 Å². The van der Waals surface area contributed by atoms with Gasteiger partial charge in [0.05, 0.1) is 19.3 Å². The molecule has 0 aromatic heterocycles. The Labute approximate surface area is 75.2 Å². The molecule has 1 saturated heterocycles. The molecule has 1 aliphatic heterocycles. The van der Waals surface area contributed by atoms with Crippen LogP contribution in [0.3, 0.4) is 0 Å². The third-order valence-electron chi connectivity index (χ3n) is 2.54. The summed E-state index contributed by atoms with van der Waals surface area (Å²) in [5, 5.41) is 0. The van der Waals surface area contributed by atoms with Crippen LogP contribution in [0.15, 0.2) is 0 Å². The molecular formula is C10H20O2. The molecule has 0 N–H and O–H groups in total. The van der Waals surface area contributed by atoms with Crippen molar-refractivity contribution < 1.29 is 9.47 Å². The van der Waals surface area contributed by atoms with Crippen molar-refractivity contribution in [2.24, 2.45) is 5.41 Å². The second kappa shape index (κ2) is 4.24. The molecule has 2 heteroatoms. The van der Waals surface area contributed by atoms with E-state index in [1.165, 1.54) is 12.8 Å². The maximum Gasteiger partial charge on any atom is 0.0589 e. The van der Waals surface area contributed by atoms with Crippen LogP contribution in [0, 0.1) is 5.41 Å². The van der Waals surface area contributed by atoms with Crippen molar-refractivity contribution in [1.82, 2.24) is 0 Å². The average molecular weight is 172 g/mol. The van der Waals surface area contributed by atoms with Gasteiger partial charge in [-0.05, 0) is 19.8 Å².